The predicted octanol–water partition coefficient (Wildman–Crippen LogP) is 4.28. The Morgan fingerprint density at radius 1 is 1.24 bits per heavy atom. The lowest BCUT2D eigenvalue weighted by molar-refractivity contribution is 0.304. The first-order valence-corrected chi connectivity index (χ1v) is 5.91. The van der Waals surface area contributed by atoms with Gasteiger partial charge in [-0.15, -0.1) is 0 Å². The highest BCUT2D eigenvalue weighted by molar-refractivity contribution is 6.30. The van der Waals surface area contributed by atoms with E-state index in [2.05, 4.69) is 4.98 Å². The second kappa shape index (κ2) is 5.39. The summed E-state index contributed by atoms with van der Waals surface area (Å²) >= 11 is 11.8. The van der Waals surface area contributed by atoms with Gasteiger partial charge < -0.3 is 4.74 Å². The molecular weight excluding hydrogens is 257 g/mol. The van der Waals surface area contributed by atoms with Crippen LogP contribution in [0.25, 0.3) is 0 Å². The predicted molar refractivity (Wildman–Crippen MR) is 69.8 cm³/mol. The van der Waals surface area contributed by atoms with Crippen LogP contribution in [0.2, 0.25) is 10.2 Å². The number of rotatable bonds is 3. The molecule has 0 aliphatic heterocycles. The number of pyridine rings is 1. The van der Waals surface area contributed by atoms with Gasteiger partial charge in [0.1, 0.15) is 17.5 Å². The van der Waals surface area contributed by atoms with Gasteiger partial charge in [-0.05, 0) is 36.8 Å². The molecular formula is C13H11Cl2NO. The topological polar surface area (TPSA) is 22.1 Å². The van der Waals surface area contributed by atoms with E-state index in [0.717, 1.165) is 16.9 Å². The van der Waals surface area contributed by atoms with E-state index in [1.54, 1.807) is 12.3 Å². The highest BCUT2D eigenvalue weighted by Gasteiger charge is 2.04. The molecule has 2 rings (SSSR count). The van der Waals surface area contributed by atoms with E-state index in [-0.39, 0.29) is 0 Å². The van der Waals surface area contributed by atoms with Crippen molar-refractivity contribution in [3.05, 3.63) is 57.8 Å². The van der Waals surface area contributed by atoms with Crippen molar-refractivity contribution < 1.29 is 4.74 Å². The van der Waals surface area contributed by atoms with E-state index in [0.29, 0.717) is 16.8 Å². The molecule has 0 N–H and O–H groups in total. The number of nitrogens with zero attached hydrogens (tertiary/aromatic N) is 1. The third kappa shape index (κ3) is 3.11. The van der Waals surface area contributed by atoms with Crippen LogP contribution < -0.4 is 4.74 Å². The molecule has 2 nitrogen and oxygen atoms in total. The van der Waals surface area contributed by atoms with Gasteiger partial charge in [-0.3, -0.25) is 0 Å². The Balaban J connectivity index is 2.10. The zero-order valence-corrected chi connectivity index (χ0v) is 10.8. The van der Waals surface area contributed by atoms with Crippen LogP contribution in [0.1, 0.15) is 11.1 Å². The average Bonchev–Trinajstić information content (AvgIpc) is 2.30. The van der Waals surface area contributed by atoms with Crippen molar-refractivity contribution in [2.75, 3.05) is 0 Å². The number of hydrogen-bond donors (Lipinski definition) is 0. The van der Waals surface area contributed by atoms with Gasteiger partial charge in [0.2, 0.25) is 0 Å². The van der Waals surface area contributed by atoms with Crippen molar-refractivity contribution >= 4 is 23.2 Å². The maximum Gasteiger partial charge on any atom is 0.135 e. The lowest BCUT2D eigenvalue weighted by atomic mass is 10.2. The smallest absolute Gasteiger partial charge is 0.135 e. The molecule has 88 valence electrons. The monoisotopic (exact) mass is 267 g/mol. The number of hydrogen-bond acceptors (Lipinski definition) is 2. The summed E-state index contributed by atoms with van der Waals surface area (Å²) < 4.78 is 5.68. The van der Waals surface area contributed by atoms with Crippen molar-refractivity contribution in [3.8, 4) is 5.75 Å². The summed E-state index contributed by atoms with van der Waals surface area (Å²) in [5.74, 6) is 0.800. The summed E-state index contributed by atoms with van der Waals surface area (Å²) in [7, 11) is 0. The average molecular weight is 268 g/mol. The van der Waals surface area contributed by atoms with E-state index in [9.17, 15) is 0 Å². The fourth-order valence-corrected chi connectivity index (χ4v) is 1.86. The van der Waals surface area contributed by atoms with Gasteiger partial charge in [-0.25, -0.2) is 4.98 Å². The molecule has 17 heavy (non-hydrogen) atoms. The quantitative estimate of drug-likeness (QED) is 0.775. The molecule has 0 fully saturated rings. The maximum absolute atomic E-state index is 5.94. The number of halogens is 2. The number of aromatic nitrogens is 1. The van der Waals surface area contributed by atoms with Crippen molar-refractivity contribution in [2.45, 2.75) is 13.5 Å². The third-order valence-electron chi connectivity index (χ3n) is 2.36. The SMILES string of the molecule is Cc1cc(Cl)ccc1OCc1cccnc1Cl. The van der Waals surface area contributed by atoms with E-state index in [1.165, 1.54) is 0 Å². The first kappa shape index (κ1) is 12.2. The molecule has 0 spiro atoms. The van der Waals surface area contributed by atoms with E-state index in [4.69, 9.17) is 27.9 Å². The van der Waals surface area contributed by atoms with Crippen molar-refractivity contribution in [2.24, 2.45) is 0 Å². The van der Waals surface area contributed by atoms with Crippen LogP contribution in [0.3, 0.4) is 0 Å². The highest BCUT2D eigenvalue weighted by Crippen LogP contribution is 2.23. The molecule has 1 heterocycles. The normalized spacial score (nSPS) is 10.3. The summed E-state index contributed by atoms with van der Waals surface area (Å²) in [4.78, 5) is 3.99. The minimum absolute atomic E-state index is 0.398. The number of benzene rings is 1. The molecule has 1 aromatic heterocycles. The Kier molecular flexibility index (Phi) is 3.87. The fraction of sp³-hybridized carbons (Fsp3) is 0.154. The standard InChI is InChI=1S/C13H11Cl2NO/c1-9-7-11(14)4-5-12(9)17-8-10-3-2-6-16-13(10)15/h2-7H,8H2,1H3. The zero-order chi connectivity index (χ0) is 12.3. The number of ether oxygens (including phenoxy) is 1. The van der Waals surface area contributed by atoms with Gasteiger partial charge in [0.05, 0.1) is 0 Å². The van der Waals surface area contributed by atoms with Crippen LogP contribution in [0.5, 0.6) is 5.75 Å². The second-order valence-corrected chi connectivity index (χ2v) is 4.45. The molecule has 0 radical (unpaired) electrons. The summed E-state index contributed by atoms with van der Waals surface area (Å²) in [6, 6.07) is 9.23. The van der Waals surface area contributed by atoms with Crippen LogP contribution >= 0.6 is 23.2 Å². The lowest BCUT2D eigenvalue weighted by Gasteiger charge is -2.09. The Morgan fingerprint density at radius 3 is 2.76 bits per heavy atom. The van der Waals surface area contributed by atoms with Crippen molar-refractivity contribution in [3.63, 3.8) is 0 Å². The summed E-state index contributed by atoms with van der Waals surface area (Å²) in [5, 5.41) is 1.17. The Bertz CT molecular complexity index is 529. The van der Waals surface area contributed by atoms with Crippen molar-refractivity contribution in [1.29, 1.82) is 0 Å². The van der Waals surface area contributed by atoms with Gasteiger partial charge in [0.25, 0.3) is 0 Å². The maximum atomic E-state index is 5.94. The minimum Gasteiger partial charge on any atom is -0.489 e. The highest BCUT2D eigenvalue weighted by atomic mass is 35.5. The molecule has 0 aliphatic rings. The zero-order valence-electron chi connectivity index (χ0n) is 9.28. The van der Waals surface area contributed by atoms with Gasteiger partial charge in [-0.2, -0.15) is 0 Å². The number of aryl methyl sites for hydroxylation is 1. The van der Waals surface area contributed by atoms with Crippen LogP contribution in [-0.2, 0) is 6.61 Å². The molecule has 4 heteroatoms. The van der Waals surface area contributed by atoms with Gasteiger partial charge in [0.15, 0.2) is 0 Å². The summed E-state index contributed by atoms with van der Waals surface area (Å²) in [5.41, 5.74) is 1.86. The molecule has 0 unspecified atom stereocenters. The van der Waals surface area contributed by atoms with Crippen LogP contribution in [0.15, 0.2) is 36.5 Å². The molecule has 0 amide bonds. The molecule has 0 saturated heterocycles. The van der Waals surface area contributed by atoms with Gasteiger partial charge in [-0.1, -0.05) is 29.3 Å². The fourth-order valence-electron chi connectivity index (χ4n) is 1.46. The Labute approximate surface area is 110 Å². The molecule has 2 aromatic rings. The van der Waals surface area contributed by atoms with E-state index < -0.39 is 0 Å². The van der Waals surface area contributed by atoms with Crippen LogP contribution in [0, 0.1) is 6.92 Å². The molecule has 0 bridgehead atoms. The minimum atomic E-state index is 0.398. The van der Waals surface area contributed by atoms with Crippen LogP contribution in [0.4, 0.5) is 0 Å². The molecule has 1 aromatic carbocycles. The molecule has 0 saturated carbocycles. The molecule has 0 aliphatic carbocycles. The first-order chi connectivity index (χ1) is 8.16. The third-order valence-corrected chi connectivity index (χ3v) is 2.93. The van der Waals surface area contributed by atoms with Gasteiger partial charge >= 0.3 is 0 Å². The first-order valence-electron chi connectivity index (χ1n) is 5.15. The largest absolute Gasteiger partial charge is 0.489 e. The molecule has 0 atom stereocenters. The van der Waals surface area contributed by atoms with Crippen molar-refractivity contribution in [1.82, 2.24) is 4.98 Å². The van der Waals surface area contributed by atoms with Crippen LogP contribution in [-0.4, -0.2) is 4.98 Å². The Hall–Kier alpha value is -1.25. The van der Waals surface area contributed by atoms with Gasteiger partial charge in [0, 0.05) is 16.8 Å². The second-order valence-electron chi connectivity index (χ2n) is 3.65. The van der Waals surface area contributed by atoms with E-state index in [1.807, 2.05) is 31.2 Å². The Morgan fingerprint density at radius 2 is 2.06 bits per heavy atom. The summed E-state index contributed by atoms with van der Waals surface area (Å²) in [6.07, 6.45) is 1.65. The lowest BCUT2D eigenvalue weighted by Crippen LogP contribution is -1.98. The van der Waals surface area contributed by atoms with E-state index >= 15 is 0 Å². The summed E-state index contributed by atoms with van der Waals surface area (Å²) in [6.45, 7) is 2.35.